The third-order valence-corrected chi connectivity index (χ3v) is 4.57. The quantitative estimate of drug-likeness (QED) is 0.777. The van der Waals surface area contributed by atoms with Gasteiger partial charge in [-0.1, -0.05) is 49.3 Å². The molecule has 0 aliphatic carbocycles. The molecule has 0 saturated carbocycles. The van der Waals surface area contributed by atoms with Gasteiger partial charge in [0.25, 0.3) is 5.56 Å². The predicted molar refractivity (Wildman–Crippen MR) is 96.5 cm³/mol. The molecule has 2 aromatic heterocycles. The molecule has 26 heavy (non-hydrogen) atoms. The van der Waals surface area contributed by atoms with Crippen molar-refractivity contribution in [3.8, 4) is 11.4 Å². The van der Waals surface area contributed by atoms with Crippen LogP contribution in [0.1, 0.15) is 42.7 Å². The number of aromatic nitrogens is 4. The van der Waals surface area contributed by atoms with Gasteiger partial charge in [-0.2, -0.15) is 4.98 Å². The molecule has 4 rings (SSSR count). The maximum Gasteiger partial charge on any atom is 0.255 e. The van der Waals surface area contributed by atoms with E-state index in [9.17, 15) is 4.79 Å². The lowest BCUT2D eigenvalue weighted by molar-refractivity contribution is 0.207. The van der Waals surface area contributed by atoms with Crippen LogP contribution in [0.4, 0.5) is 0 Å². The van der Waals surface area contributed by atoms with Crippen molar-refractivity contribution in [1.82, 2.24) is 25.0 Å². The zero-order valence-corrected chi connectivity index (χ0v) is 14.9. The summed E-state index contributed by atoms with van der Waals surface area (Å²) in [5.74, 6) is 2.10. The lowest BCUT2D eigenvalue weighted by Gasteiger charge is -2.26. The van der Waals surface area contributed by atoms with Crippen molar-refractivity contribution in [2.75, 3.05) is 6.54 Å². The minimum atomic E-state index is -0.0427. The Morgan fingerprint density at radius 1 is 1.23 bits per heavy atom. The summed E-state index contributed by atoms with van der Waals surface area (Å²) in [7, 11) is 0. The highest BCUT2D eigenvalue weighted by Crippen LogP contribution is 2.19. The van der Waals surface area contributed by atoms with E-state index in [-0.39, 0.29) is 11.5 Å². The summed E-state index contributed by atoms with van der Waals surface area (Å²) in [6.45, 7) is 5.92. The van der Waals surface area contributed by atoms with Gasteiger partial charge in [-0.3, -0.25) is 9.69 Å². The van der Waals surface area contributed by atoms with Crippen LogP contribution in [0.3, 0.4) is 0 Å². The van der Waals surface area contributed by atoms with Gasteiger partial charge in [0.15, 0.2) is 0 Å². The second-order valence-corrected chi connectivity index (χ2v) is 6.87. The molecule has 0 spiro atoms. The van der Waals surface area contributed by atoms with Gasteiger partial charge in [-0.15, -0.1) is 0 Å². The van der Waals surface area contributed by atoms with E-state index in [4.69, 9.17) is 4.52 Å². The van der Waals surface area contributed by atoms with Gasteiger partial charge in [-0.05, 0) is 0 Å². The van der Waals surface area contributed by atoms with Crippen LogP contribution in [0.5, 0.6) is 0 Å². The second kappa shape index (κ2) is 6.84. The molecule has 7 heteroatoms. The number of hydrogen-bond acceptors (Lipinski definition) is 6. The van der Waals surface area contributed by atoms with E-state index >= 15 is 0 Å². The van der Waals surface area contributed by atoms with Crippen molar-refractivity contribution < 1.29 is 4.52 Å². The molecule has 134 valence electrons. The molecule has 3 aromatic rings. The third-order valence-electron chi connectivity index (χ3n) is 4.57. The minimum absolute atomic E-state index is 0.0427. The van der Waals surface area contributed by atoms with Crippen molar-refractivity contribution >= 4 is 0 Å². The van der Waals surface area contributed by atoms with E-state index in [0.717, 1.165) is 35.6 Å². The number of rotatable bonds is 4. The number of nitrogens with zero attached hydrogens (tertiary/aromatic N) is 4. The van der Waals surface area contributed by atoms with E-state index in [1.54, 1.807) is 0 Å². The Morgan fingerprint density at radius 2 is 2.04 bits per heavy atom. The first-order chi connectivity index (χ1) is 12.6. The molecule has 0 fully saturated rings. The Bertz CT molecular complexity index is 962. The molecule has 0 unspecified atom stereocenters. The normalized spacial score (nSPS) is 14.6. The number of aromatic amines is 1. The molecule has 0 saturated heterocycles. The Balaban J connectivity index is 1.50. The van der Waals surface area contributed by atoms with Gasteiger partial charge >= 0.3 is 0 Å². The van der Waals surface area contributed by atoms with Crippen LogP contribution in [-0.4, -0.2) is 31.6 Å². The molecule has 0 amide bonds. The van der Waals surface area contributed by atoms with Crippen LogP contribution in [0, 0.1) is 0 Å². The fourth-order valence-corrected chi connectivity index (χ4v) is 3.12. The van der Waals surface area contributed by atoms with Crippen LogP contribution in [0.25, 0.3) is 11.4 Å². The van der Waals surface area contributed by atoms with Gasteiger partial charge in [0, 0.05) is 31.0 Å². The van der Waals surface area contributed by atoms with Crippen LogP contribution in [-0.2, 0) is 19.5 Å². The lowest BCUT2D eigenvalue weighted by Crippen LogP contribution is -2.36. The van der Waals surface area contributed by atoms with Gasteiger partial charge in [0.05, 0.1) is 17.8 Å². The molecular weight excluding hydrogens is 330 g/mol. The molecule has 0 radical (unpaired) electrons. The van der Waals surface area contributed by atoms with E-state index in [1.165, 1.54) is 0 Å². The van der Waals surface area contributed by atoms with Gasteiger partial charge in [0.1, 0.15) is 5.82 Å². The van der Waals surface area contributed by atoms with Crippen molar-refractivity contribution in [2.24, 2.45) is 0 Å². The first-order valence-electron chi connectivity index (χ1n) is 8.82. The molecule has 3 heterocycles. The zero-order chi connectivity index (χ0) is 18.1. The summed E-state index contributed by atoms with van der Waals surface area (Å²) in [6.07, 6.45) is 0.749. The molecule has 7 nitrogen and oxygen atoms in total. The fourth-order valence-electron chi connectivity index (χ4n) is 3.12. The highest BCUT2D eigenvalue weighted by atomic mass is 16.5. The summed E-state index contributed by atoms with van der Waals surface area (Å²) >= 11 is 0. The first-order valence-corrected chi connectivity index (χ1v) is 8.82. The highest BCUT2D eigenvalue weighted by molar-refractivity contribution is 5.53. The topological polar surface area (TPSA) is 87.9 Å². The van der Waals surface area contributed by atoms with Gasteiger partial charge < -0.3 is 9.51 Å². The van der Waals surface area contributed by atoms with E-state index < -0.39 is 0 Å². The molecular formula is C19H21N5O2. The zero-order valence-electron chi connectivity index (χ0n) is 14.9. The van der Waals surface area contributed by atoms with E-state index in [0.29, 0.717) is 24.8 Å². The minimum Gasteiger partial charge on any atom is -0.338 e. The Kier molecular flexibility index (Phi) is 4.38. The summed E-state index contributed by atoms with van der Waals surface area (Å²) in [5.41, 5.74) is 2.53. The largest absolute Gasteiger partial charge is 0.338 e. The second-order valence-electron chi connectivity index (χ2n) is 6.87. The van der Waals surface area contributed by atoms with Crippen molar-refractivity contribution in [2.45, 2.75) is 39.3 Å². The maximum absolute atomic E-state index is 12.4. The number of hydrogen-bond donors (Lipinski definition) is 1. The van der Waals surface area contributed by atoms with Crippen LogP contribution >= 0.6 is 0 Å². The first kappa shape index (κ1) is 16.7. The fraction of sp³-hybridized carbons (Fsp3) is 0.368. The van der Waals surface area contributed by atoms with Crippen molar-refractivity contribution in [3.05, 3.63) is 63.7 Å². The summed E-state index contributed by atoms with van der Waals surface area (Å²) in [5, 5.41) is 4.05. The molecule has 1 aliphatic rings. The Labute approximate surface area is 151 Å². The highest BCUT2D eigenvalue weighted by Gasteiger charge is 2.23. The standard InChI is InChI=1S/C19H21N5O2/c1-12(2)17-20-15-8-9-24(10-14(15)19(25)22-17)11-16-21-18(23-26-16)13-6-4-3-5-7-13/h3-7,12H,8-11H2,1-2H3,(H,20,22,25). The summed E-state index contributed by atoms with van der Waals surface area (Å²) < 4.78 is 5.39. The third kappa shape index (κ3) is 3.30. The Hall–Kier alpha value is -2.80. The van der Waals surface area contributed by atoms with Crippen LogP contribution in [0.2, 0.25) is 0 Å². The van der Waals surface area contributed by atoms with Gasteiger partial charge in [0.2, 0.25) is 11.7 Å². The molecule has 0 bridgehead atoms. The van der Waals surface area contributed by atoms with Crippen LogP contribution in [0.15, 0.2) is 39.6 Å². The van der Waals surface area contributed by atoms with E-state index in [2.05, 4.69) is 25.0 Å². The van der Waals surface area contributed by atoms with Crippen molar-refractivity contribution in [3.63, 3.8) is 0 Å². The molecule has 1 aromatic carbocycles. The monoisotopic (exact) mass is 351 g/mol. The predicted octanol–water partition coefficient (Wildman–Crippen LogP) is 2.50. The maximum atomic E-state index is 12.4. The van der Waals surface area contributed by atoms with Crippen LogP contribution < -0.4 is 5.56 Å². The number of nitrogens with one attached hydrogen (secondary N) is 1. The number of fused-ring (bicyclic) bond motifs is 1. The average molecular weight is 351 g/mol. The van der Waals surface area contributed by atoms with Crippen molar-refractivity contribution in [1.29, 1.82) is 0 Å². The molecule has 0 atom stereocenters. The van der Waals surface area contributed by atoms with E-state index in [1.807, 2.05) is 44.2 Å². The SMILES string of the molecule is CC(C)c1nc2c(c(=O)[nH]1)CN(Cc1nc(-c3ccccc3)no1)CC2. The lowest BCUT2D eigenvalue weighted by atomic mass is 10.1. The smallest absolute Gasteiger partial charge is 0.255 e. The Morgan fingerprint density at radius 3 is 2.81 bits per heavy atom. The molecule has 1 aliphatic heterocycles. The van der Waals surface area contributed by atoms with Gasteiger partial charge in [-0.25, -0.2) is 4.98 Å². The number of benzene rings is 1. The molecule has 1 N–H and O–H groups in total. The average Bonchev–Trinajstić information content (AvgIpc) is 3.11. The summed E-state index contributed by atoms with van der Waals surface area (Å²) in [6, 6.07) is 9.73. The summed E-state index contributed by atoms with van der Waals surface area (Å²) in [4.78, 5) is 26.5. The number of H-pyrrole nitrogens is 1.